The molecule has 0 fully saturated rings. The highest BCUT2D eigenvalue weighted by atomic mass is 16.3. The molecule has 2 rings (SSSR count). The van der Waals surface area contributed by atoms with Crippen LogP contribution in [0.2, 0.25) is 0 Å². The molecule has 0 spiro atoms. The van der Waals surface area contributed by atoms with Gasteiger partial charge < -0.3 is 5.11 Å². The van der Waals surface area contributed by atoms with Crippen molar-refractivity contribution in [3.05, 3.63) is 65.5 Å². The molecule has 1 unspecified atom stereocenters. The minimum absolute atomic E-state index is 0.399. The monoisotopic (exact) mass is 212 g/mol. The third-order valence-electron chi connectivity index (χ3n) is 2.79. The smallest absolute Gasteiger partial charge is 0.114 e. The minimum Gasteiger partial charge on any atom is -0.508 e. The molecule has 0 aromatic heterocycles. The maximum atomic E-state index is 9.45. The molecule has 0 bridgehead atoms. The highest BCUT2D eigenvalue weighted by Gasteiger charge is 2.08. The fraction of sp³-hybridized carbons (Fsp3) is 0.200. The lowest BCUT2D eigenvalue weighted by molar-refractivity contribution is 0.414. The van der Waals surface area contributed by atoms with E-state index in [0.29, 0.717) is 11.7 Å². The summed E-state index contributed by atoms with van der Waals surface area (Å²) >= 11 is 0. The molecule has 1 nitrogen and oxygen atoms in total. The summed E-state index contributed by atoms with van der Waals surface area (Å²) in [5, 5.41) is 9.45. The lowest BCUT2D eigenvalue weighted by Crippen LogP contribution is -1.99. The van der Waals surface area contributed by atoms with Crippen LogP contribution >= 0.6 is 0 Å². The van der Waals surface area contributed by atoms with Crippen molar-refractivity contribution in [3.63, 3.8) is 0 Å². The van der Waals surface area contributed by atoms with Gasteiger partial charge in [-0.1, -0.05) is 48.6 Å². The molecule has 1 atom stereocenters. The van der Waals surface area contributed by atoms with Crippen molar-refractivity contribution in [1.82, 2.24) is 0 Å². The van der Waals surface area contributed by atoms with Crippen LogP contribution in [0.25, 0.3) is 6.08 Å². The molecule has 1 heteroatoms. The van der Waals surface area contributed by atoms with E-state index in [1.807, 2.05) is 31.2 Å². The summed E-state index contributed by atoms with van der Waals surface area (Å²) in [6.45, 7) is 1.94. The van der Waals surface area contributed by atoms with Crippen LogP contribution in [0.5, 0.6) is 0 Å². The normalized spacial score (nSPS) is 20.7. The van der Waals surface area contributed by atoms with Gasteiger partial charge in [0.15, 0.2) is 0 Å². The van der Waals surface area contributed by atoms with Gasteiger partial charge in [-0.15, -0.1) is 0 Å². The maximum absolute atomic E-state index is 9.45. The number of aliphatic hydroxyl groups excluding tert-OH is 1. The zero-order chi connectivity index (χ0) is 11.4. The standard InChI is InChI=1S/C15H16O/c1-12-11-14(9-10-15(12)16)8-7-13-5-3-2-4-6-13/h2-8,10-11,14,16H,9H2,1H3/b8-7+. The van der Waals surface area contributed by atoms with Crippen LogP contribution in [0.3, 0.4) is 0 Å². The van der Waals surface area contributed by atoms with E-state index in [9.17, 15) is 5.11 Å². The third kappa shape index (κ3) is 2.63. The predicted molar refractivity (Wildman–Crippen MR) is 68.1 cm³/mol. The van der Waals surface area contributed by atoms with Crippen molar-refractivity contribution >= 4 is 6.08 Å². The molecule has 0 aliphatic heterocycles. The Hall–Kier alpha value is -1.76. The highest BCUT2D eigenvalue weighted by Crippen LogP contribution is 2.22. The number of allylic oxidation sites excluding steroid dienone is 4. The zero-order valence-corrected chi connectivity index (χ0v) is 9.43. The van der Waals surface area contributed by atoms with Gasteiger partial charge in [0.25, 0.3) is 0 Å². The van der Waals surface area contributed by atoms with Gasteiger partial charge in [-0.3, -0.25) is 0 Å². The molecule has 0 saturated heterocycles. The summed E-state index contributed by atoms with van der Waals surface area (Å²) < 4.78 is 0. The van der Waals surface area contributed by atoms with Crippen LogP contribution in [-0.2, 0) is 0 Å². The molecule has 1 aliphatic rings. The van der Waals surface area contributed by atoms with Crippen molar-refractivity contribution in [3.8, 4) is 0 Å². The van der Waals surface area contributed by atoms with Crippen molar-refractivity contribution < 1.29 is 5.11 Å². The Labute approximate surface area is 96.4 Å². The van der Waals surface area contributed by atoms with Crippen molar-refractivity contribution in [2.75, 3.05) is 0 Å². The summed E-state index contributed by atoms with van der Waals surface area (Å²) in [5.74, 6) is 0.820. The number of benzene rings is 1. The quantitative estimate of drug-likeness (QED) is 0.782. The molecule has 1 N–H and O–H groups in total. The van der Waals surface area contributed by atoms with E-state index in [4.69, 9.17) is 0 Å². The molecule has 1 aliphatic carbocycles. The van der Waals surface area contributed by atoms with Gasteiger partial charge in [0.2, 0.25) is 0 Å². The summed E-state index contributed by atoms with van der Waals surface area (Å²) in [6.07, 6.45) is 9.18. The second-order valence-corrected chi connectivity index (χ2v) is 4.11. The lowest BCUT2D eigenvalue weighted by atomic mass is 9.95. The number of hydrogen-bond donors (Lipinski definition) is 1. The fourth-order valence-corrected chi connectivity index (χ4v) is 1.82. The molecule has 1 aromatic rings. The molecule has 0 amide bonds. The zero-order valence-electron chi connectivity index (χ0n) is 9.43. The Morgan fingerprint density at radius 1 is 1.25 bits per heavy atom. The van der Waals surface area contributed by atoms with E-state index in [2.05, 4.69) is 30.4 Å². The first kappa shape index (κ1) is 10.7. The van der Waals surface area contributed by atoms with E-state index in [0.717, 1.165) is 12.0 Å². The Kier molecular flexibility index (Phi) is 3.25. The Bertz CT molecular complexity index is 438. The van der Waals surface area contributed by atoms with E-state index >= 15 is 0 Å². The van der Waals surface area contributed by atoms with Crippen LogP contribution in [0.4, 0.5) is 0 Å². The maximum Gasteiger partial charge on any atom is 0.114 e. The van der Waals surface area contributed by atoms with Crippen molar-refractivity contribution in [2.24, 2.45) is 5.92 Å². The first-order valence-electron chi connectivity index (χ1n) is 5.57. The summed E-state index contributed by atoms with van der Waals surface area (Å²) in [4.78, 5) is 0. The fourth-order valence-electron chi connectivity index (χ4n) is 1.82. The van der Waals surface area contributed by atoms with E-state index in [-0.39, 0.29) is 0 Å². The SMILES string of the molecule is CC1=CC(/C=C/c2ccccc2)CC=C1O. The predicted octanol–water partition coefficient (Wildman–Crippen LogP) is 4.11. The van der Waals surface area contributed by atoms with Crippen molar-refractivity contribution in [2.45, 2.75) is 13.3 Å². The molecule has 0 saturated carbocycles. The molecular weight excluding hydrogens is 196 g/mol. The van der Waals surface area contributed by atoms with Crippen LogP contribution in [0, 0.1) is 5.92 Å². The van der Waals surface area contributed by atoms with E-state index < -0.39 is 0 Å². The Morgan fingerprint density at radius 3 is 2.69 bits per heavy atom. The second-order valence-electron chi connectivity index (χ2n) is 4.11. The average molecular weight is 212 g/mol. The number of aliphatic hydroxyl groups is 1. The van der Waals surface area contributed by atoms with E-state index in [1.165, 1.54) is 5.56 Å². The van der Waals surface area contributed by atoms with Crippen LogP contribution in [0.15, 0.2) is 59.9 Å². The summed E-state index contributed by atoms with van der Waals surface area (Å²) in [7, 11) is 0. The van der Waals surface area contributed by atoms with Crippen LogP contribution in [0.1, 0.15) is 18.9 Å². The Balaban J connectivity index is 2.05. The molecule has 1 aromatic carbocycles. The first-order chi connectivity index (χ1) is 7.75. The number of rotatable bonds is 2. The van der Waals surface area contributed by atoms with Crippen LogP contribution < -0.4 is 0 Å². The molecule has 0 heterocycles. The first-order valence-corrected chi connectivity index (χ1v) is 5.57. The summed E-state index contributed by atoms with van der Waals surface area (Å²) in [6, 6.07) is 10.3. The van der Waals surface area contributed by atoms with Crippen molar-refractivity contribution in [1.29, 1.82) is 0 Å². The van der Waals surface area contributed by atoms with Gasteiger partial charge in [0.1, 0.15) is 5.76 Å². The van der Waals surface area contributed by atoms with Crippen LogP contribution in [-0.4, -0.2) is 5.11 Å². The average Bonchev–Trinajstić information content (AvgIpc) is 2.32. The van der Waals surface area contributed by atoms with Gasteiger partial charge in [0, 0.05) is 0 Å². The topological polar surface area (TPSA) is 20.2 Å². The summed E-state index contributed by atoms with van der Waals surface area (Å²) in [5.41, 5.74) is 2.18. The van der Waals surface area contributed by atoms with Gasteiger partial charge >= 0.3 is 0 Å². The van der Waals surface area contributed by atoms with Gasteiger partial charge in [0.05, 0.1) is 0 Å². The van der Waals surface area contributed by atoms with E-state index in [1.54, 1.807) is 0 Å². The highest BCUT2D eigenvalue weighted by molar-refractivity contribution is 5.50. The number of hydrogen-bond acceptors (Lipinski definition) is 1. The lowest BCUT2D eigenvalue weighted by Gasteiger charge is -2.13. The van der Waals surface area contributed by atoms with Gasteiger partial charge in [-0.05, 0) is 36.5 Å². The molecule has 82 valence electrons. The molecule has 16 heavy (non-hydrogen) atoms. The molecule has 0 radical (unpaired) electrons. The third-order valence-corrected chi connectivity index (χ3v) is 2.79. The largest absolute Gasteiger partial charge is 0.508 e. The minimum atomic E-state index is 0.399. The second kappa shape index (κ2) is 4.84. The Morgan fingerprint density at radius 2 is 2.00 bits per heavy atom. The van der Waals surface area contributed by atoms with Gasteiger partial charge in [-0.25, -0.2) is 0 Å². The molecular formula is C15H16O. The van der Waals surface area contributed by atoms with Gasteiger partial charge in [-0.2, -0.15) is 0 Å².